The molecule has 2 fully saturated rings. The minimum Gasteiger partial charge on any atom is -0.463 e. The van der Waals surface area contributed by atoms with Crippen LogP contribution in [0.3, 0.4) is 0 Å². The summed E-state index contributed by atoms with van der Waals surface area (Å²) in [6.07, 6.45) is 1.57. The SMILES string of the molecule is CCOC(=O)C=C1SCC2C1N(Cc1ccccc1)C(=O)N2Cc1ccccc1. The van der Waals surface area contributed by atoms with Crippen molar-refractivity contribution in [1.82, 2.24) is 9.80 Å². The average molecular weight is 409 g/mol. The first kappa shape index (κ1) is 19.6. The lowest BCUT2D eigenvalue weighted by Gasteiger charge is -2.23. The summed E-state index contributed by atoms with van der Waals surface area (Å²) in [6.45, 7) is 3.23. The maximum Gasteiger partial charge on any atom is 0.331 e. The molecule has 2 amide bonds. The van der Waals surface area contributed by atoms with Crippen LogP contribution in [0.4, 0.5) is 4.79 Å². The van der Waals surface area contributed by atoms with Crippen molar-refractivity contribution in [3.05, 3.63) is 82.8 Å². The Morgan fingerprint density at radius 3 is 2.21 bits per heavy atom. The average Bonchev–Trinajstić information content (AvgIpc) is 3.24. The molecule has 2 atom stereocenters. The molecule has 0 bridgehead atoms. The van der Waals surface area contributed by atoms with E-state index in [4.69, 9.17) is 4.74 Å². The van der Waals surface area contributed by atoms with Crippen LogP contribution in [0.15, 0.2) is 71.6 Å². The lowest BCUT2D eigenvalue weighted by molar-refractivity contribution is -0.137. The summed E-state index contributed by atoms with van der Waals surface area (Å²) < 4.78 is 5.11. The van der Waals surface area contributed by atoms with E-state index in [0.29, 0.717) is 19.7 Å². The first-order valence-corrected chi connectivity index (χ1v) is 10.8. The molecule has 2 aromatic carbocycles. The van der Waals surface area contributed by atoms with E-state index in [1.54, 1.807) is 24.8 Å². The third-order valence-corrected chi connectivity index (χ3v) is 6.44. The van der Waals surface area contributed by atoms with Gasteiger partial charge >= 0.3 is 12.0 Å². The Balaban J connectivity index is 1.63. The van der Waals surface area contributed by atoms with Gasteiger partial charge in [0.1, 0.15) is 0 Å². The summed E-state index contributed by atoms with van der Waals surface area (Å²) in [6, 6.07) is 20.0. The van der Waals surface area contributed by atoms with Crippen LogP contribution in [0.2, 0.25) is 0 Å². The van der Waals surface area contributed by atoms with Gasteiger partial charge in [0.25, 0.3) is 0 Å². The molecule has 4 rings (SSSR count). The molecule has 2 aliphatic rings. The van der Waals surface area contributed by atoms with Crippen LogP contribution in [0.1, 0.15) is 18.1 Å². The highest BCUT2D eigenvalue weighted by molar-refractivity contribution is 8.03. The molecule has 0 spiro atoms. The van der Waals surface area contributed by atoms with Crippen LogP contribution in [-0.4, -0.2) is 46.2 Å². The van der Waals surface area contributed by atoms with Gasteiger partial charge in [-0.25, -0.2) is 9.59 Å². The molecule has 6 heteroatoms. The monoisotopic (exact) mass is 408 g/mol. The second-order valence-electron chi connectivity index (χ2n) is 7.13. The molecular weight excluding hydrogens is 384 g/mol. The van der Waals surface area contributed by atoms with Gasteiger partial charge in [0, 0.05) is 29.8 Å². The van der Waals surface area contributed by atoms with E-state index in [1.807, 2.05) is 70.5 Å². The third kappa shape index (κ3) is 4.17. The number of hydrogen-bond acceptors (Lipinski definition) is 4. The summed E-state index contributed by atoms with van der Waals surface area (Å²) in [5, 5.41) is 0. The van der Waals surface area contributed by atoms with Gasteiger partial charge in [0.05, 0.1) is 18.7 Å². The second kappa shape index (κ2) is 8.74. The number of carbonyl (C=O) groups excluding carboxylic acids is 2. The summed E-state index contributed by atoms with van der Waals surface area (Å²) >= 11 is 1.64. The van der Waals surface area contributed by atoms with Crippen LogP contribution < -0.4 is 0 Å². The number of esters is 1. The molecular formula is C23H24N2O3S. The van der Waals surface area contributed by atoms with Crippen molar-refractivity contribution in [2.45, 2.75) is 32.1 Å². The summed E-state index contributed by atoms with van der Waals surface area (Å²) in [7, 11) is 0. The highest BCUT2D eigenvalue weighted by atomic mass is 32.2. The maximum atomic E-state index is 13.4. The number of rotatable bonds is 6. The zero-order valence-corrected chi connectivity index (χ0v) is 17.2. The molecule has 5 nitrogen and oxygen atoms in total. The zero-order chi connectivity index (χ0) is 20.2. The van der Waals surface area contributed by atoms with Gasteiger partial charge in [-0.2, -0.15) is 0 Å². The minimum atomic E-state index is -0.343. The predicted molar refractivity (Wildman–Crippen MR) is 114 cm³/mol. The number of thioether (sulfide) groups is 1. The minimum absolute atomic E-state index is 0.0164. The van der Waals surface area contributed by atoms with E-state index in [-0.39, 0.29) is 24.1 Å². The van der Waals surface area contributed by atoms with Gasteiger partial charge in [-0.3, -0.25) is 0 Å². The first-order valence-electron chi connectivity index (χ1n) is 9.83. The van der Waals surface area contributed by atoms with Gasteiger partial charge in [-0.1, -0.05) is 60.7 Å². The normalized spacial score (nSPS) is 22.2. The van der Waals surface area contributed by atoms with Crippen LogP contribution in [0, 0.1) is 0 Å². The Bertz CT molecular complexity index is 901. The maximum absolute atomic E-state index is 13.4. The van der Waals surface area contributed by atoms with Crippen molar-refractivity contribution in [2.75, 3.05) is 12.4 Å². The quantitative estimate of drug-likeness (QED) is 0.411. The van der Waals surface area contributed by atoms with Crippen molar-refractivity contribution in [2.24, 2.45) is 0 Å². The summed E-state index contributed by atoms with van der Waals surface area (Å²) in [4.78, 5) is 30.2. The number of ether oxygens (including phenoxy) is 1. The number of urea groups is 1. The number of carbonyl (C=O) groups is 2. The number of amides is 2. The van der Waals surface area contributed by atoms with Gasteiger partial charge in [-0.05, 0) is 18.1 Å². The Morgan fingerprint density at radius 1 is 1.03 bits per heavy atom. The molecule has 2 heterocycles. The van der Waals surface area contributed by atoms with E-state index in [0.717, 1.165) is 21.8 Å². The van der Waals surface area contributed by atoms with Crippen LogP contribution >= 0.6 is 11.8 Å². The van der Waals surface area contributed by atoms with E-state index in [9.17, 15) is 9.59 Å². The fourth-order valence-corrected chi connectivity index (χ4v) is 5.29. The Morgan fingerprint density at radius 2 is 1.62 bits per heavy atom. The first-order chi connectivity index (χ1) is 14.2. The lowest BCUT2D eigenvalue weighted by Crippen LogP contribution is -2.35. The van der Waals surface area contributed by atoms with Gasteiger partial charge in [0.2, 0.25) is 0 Å². The van der Waals surface area contributed by atoms with Gasteiger partial charge in [-0.15, -0.1) is 11.8 Å². The van der Waals surface area contributed by atoms with E-state index in [1.165, 1.54) is 0 Å². The fraction of sp³-hybridized carbons (Fsp3) is 0.304. The Kier molecular flexibility index (Phi) is 5.90. The molecule has 2 saturated heterocycles. The van der Waals surface area contributed by atoms with Crippen LogP contribution in [0.25, 0.3) is 0 Å². The van der Waals surface area contributed by atoms with Crippen molar-refractivity contribution in [3.8, 4) is 0 Å². The number of fused-ring (bicyclic) bond motifs is 1. The number of benzene rings is 2. The molecule has 2 unspecified atom stereocenters. The third-order valence-electron chi connectivity index (χ3n) is 5.24. The zero-order valence-electron chi connectivity index (χ0n) is 16.4. The largest absolute Gasteiger partial charge is 0.463 e. The Labute approximate surface area is 175 Å². The van der Waals surface area contributed by atoms with Gasteiger partial charge < -0.3 is 14.5 Å². The van der Waals surface area contributed by atoms with E-state index < -0.39 is 0 Å². The molecule has 150 valence electrons. The standard InChI is InChI=1S/C23H24N2O3S/c1-2-28-21(26)13-20-22-19(16-29-20)24(14-17-9-5-3-6-10-17)23(27)25(22)15-18-11-7-4-8-12-18/h3-13,19,22H,2,14-16H2,1H3. The van der Waals surface area contributed by atoms with Crippen molar-refractivity contribution >= 4 is 23.8 Å². The van der Waals surface area contributed by atoms with Crippen molar-refractivity contribution < 1.29 is 14.3 Å². The lowest BCUT2D eigenvalue weighted by atomic mass is 10.1. The molecule has 29 heavy (non-hydrogen) atoms. The highest BCUT2D eigenvalue weighted by Crippen LogP contribution is 2.43. The molecule has 0 N–H and O–H groups in total. The molecule has 0 aromatic heterocycles. The summed E-state index contributed by atoms with van der Waals surface area (Å²) in [5.41, 5.74) is 2.18. The molecule has 2 aliphatic heterocycles. The number of nitrogens with zero attached hydrogens (tertiary/aromatic N) is 2. The smallest absolute Gasteiger partial charge is 0.331 e. The fourth-order valence-electron chi connectivity index (χ4n) is 3.93. The molecule has 0 saturated carbocycles. The second-order valence-corrected chi connectivity index (χ2v) is 8.22. The van der Waals surface area contributed by atoms with Crippen LogP contribution in [-0.2, 0) is 22.6 Å². The predicted octanol–water partition coefficient (Wildman–Crippen LogP) is 4.06. The number of hydrogen-bond donors (Lipinski definition) is 0. The highest BCUT2D eigenvalue weighted by Gasteiger charge is 2.51. The van der Waals surface area contributed by atoms with E-state index >= 15 is 0 Å². The van der Waals surface area contributed by atoms with Gasteiger partial charge in [0.15, 0.2) is 0 Å². The Hall–Kier alpha value is -2.73. The molecule has 0 aliphatic carbocycles. The van der Waals surface area contributed by atoms with Crippen molar-refractivity contribution in [1.29, 1.82) is 0 Å². The van der Waals surface area contributed by atoms with Crippen LogP contribution in [0.5, 0.6) is 0 Å². The summed E-state index contributed by atoms with van der Waals surface area (Å²) in [5.74, 6) is 0.434. The van der Waals surface area contributed by atoms with E-state index in [2.05, 4.69) is 0 Å². The topological polar surface area (TPSA) is 49.9 Å². The molecule has 2 aromatic rings. The molecule has 0 radical (unpaired) electrons. The van der Waals surface area contributed by atoms with Crippen molar-refractivity contribution in [3.63, 3.8) is 0 Å².